The maximum Gasteiger partial charge on any atom is 0.262 e. The molecule has 0 aliphatic carbocycles. The molecule has 8 heteroatoms. The van der Waals surface area contributed by atoms with Crippen molar-refractivity contribution >= 4 is 21.4 Å². The number of nitrogens with one attached hydrogen (secondary N) is 1. The van der Waals surface area contributed by atoms with E-state index in [9.17, 15) is 8.42 Å². The fraction of sp³-hybridized carbons (Fsp3) is 0.333. The van der Waals surface area contributed by atoms with Gasteiger partial charge in [0.1, 0.15) is 0 Å². The van der Waals surface area contributed by atoms with Crippen molar-refractivity contribution in [3.05, 3.63) is 42.0 Å². The first-order valence-corrected chi connectivity index (χ1v) is 9.87. The van der Waals surface area contributed by atoms with Gasteiger partial charge in [0, 0.05) is 24.8 Å². The molecular weight excluding hydrogens is 356 g/mol. The van der Waals surface area contributed by atoms with Gasteiger partial charge in [-0.1, -0.05) is 6.07 Å². The number of fused-ring (bicyclic) bond motifs is 1. The second-order valence-corrected chi connectivity index (χ2v) is 7.90. The Bertz CT molecular complexity index is 923. The lowest BCUT2D eigenvalue weighted by molar-refractivity contribution is 0.122. The molecule has 0 amide bonds. The largest absolute Gasteiger partial charge is 0.454 e. The Morgan fingerprint density at radius 2 is 1.77 bits per heavy atom. The van der Waals surface area contributed by atoms with E-state index in [-0.39, 0.29) is 11.7 Å². The van der Waals surface area contributed by atoms with E-state index >= 15 is 0 Å². The minimum Gasteiger partial charge on any atom is -0.454 e. The van der Waals surface area contributed by atoms with E-state index in [0.29, 0.717) is 30.4 Å². The lowest BCUT2D eigenvalue weighted by Crippen LogP contribution is -2.36. The van der Waals surface area contributed by atoms with Crippen LogP contribution in [0.5, 0.6) is 11.5 Å². The van der Waals surface area contributed by atoms with E-state index in [1.165, 1.54) is 12.1 Å². The van der Waals surface area contributed by atoms with Crippen LogP contribution in [0, 0.1) is 6.92 Å². The van der Waals surface area contributed by atoms with Crippen molar-refractivity contribution in [2.75, 3.05) is 42.7 Å². The average molecular weight is 376 g/mol. The molecule has 26 heavy (non-hydrogen) atoms. The lowest BCUT2D eigenvalue weighted by Gasteiger charge is -2.29. The third-order valence-corrected chi connectivity index (χ3v) is 5.86. The second kappa shape index (κ2) is 6.69. The SMILES string of the molecule is Cc1ccc(N2CCOCC2)cc1NS(=O)(=O)c1ccc2c(c1)OCO2. The van der Waals surface area contributed by atoms with Crippen LogP contribution in [0.3, 0.4) is 0 Å². The molecule has 2 aromatic carbocycles. The number of benzene rings is 2. The van der Waals surface area contributed by atoms with Gasteiger partial charge in [0.15, 0.2) is 11.5 Å². The molecule has 138 valence electrons. The Labute approximate surface area is 152 Å². The van der Waals surface area contributed by atoms with Crippen LogP contribution in [0.15, 0.2) is 41.3 Å². The van der Waals surface area contributed by atoms with E-state index in [2.05, 4.69) is 9.62 Å². The van der Waals surface area contributed by atoms with Crippen molar-refractivity contribution < 1.29 is 22.6 Å². The first-order chi connectivity index (χ1) is 12.5. The molecule has 2 heterocycles. The summed E-state index contributed by atoms with van der Waals surface area (Å²) in [6.07, 6.45) is 0. The zero-order chi connectivity index (χ0) is 18.1. The smallest absolute Gasteiger partial charge is 0.262 e. The summed E-state index contributed by atoms with van der Waals surface area (Å²) in [4.78, 5) is 2.32. The maximum atomic E-state index is 12.8. The zero-order valence-corrected chi connectivity index (χ0v) is 15.2. The summed E-state index contributed by atoms with van der Waals surface area (Å²) < 4.78 is 44.2. The van der Waals surface area contributed by atoms with Crippen molar-refractivity contribution in [2.24, 2.45) is 0 Å². The molecule has 1 fully saturated rings. The van der Waals surface area contributed by atoms with Crippen molar-refractivity contribution in [1.29, 1.82) is 0 Å². The summed E-state index contributed by atoms with van der Waals surface area (Å²) in [5, 5.41) is 0. The highest BCUT2D eigenvalue weighted by Crippen LogP contribution is 2.34. The Kier molecular flexibility index (Phi) is 4.37. The molecule has 7 nitrogen and oxygen atoms in total. The molecule has 0 unspecified atom stereocenters. The predicted octanol–water partition coefficient (Wildman–Crippen LogP) is 2.36. The highest BCUT2D eigenvalue weighted by atomic mass is 32.2. The zero-order valence-electron chi connectivity index (χ0n) is 14.4. The van der Waals surface area contributed by atoms with Gasteiger partial charge in [-0.3, -0.25) is 4.72 Å². The van der Waals surface area contributed by atoms with Crippen LogP contribution in [-0.2, 0) is 14.8 Å². The van der Waals surface area contributed by atoms with Gasteiger partial charge >= 0.3 is 0 Å². The molecule has 0 aromatic heterocycles. The summed E-state index contributed by atoms with van der Waals surface area (Å²) >= 11 is 0. The van der Waals surface area contributed by atoms with Gasteiger partial charge < -0.3 is 19.1 Å². The Morgan fingerprint density at radius 3 is 2.58 bits per heavy atom. The van der Waals surface area contributed by atoms with Gasteiger partial charge in [-0.25, -0.2) is 8.42 Å². The van der Waals surface area contributed by atoms with Crippen LogP contribution in [0.1, 0.15) is 5.56 Å². The highest BCUT2D eigenvalue weighted by molar-refractivity contribution is 7.92. The molecule has 1 N–H and O–H groups in total. The average Bonchev–Trinajstić information content (AvgIpc) is 3.12. The van der Waals surface area contributed by atoms with Crippen LogP contribution < -0.4 is 19.1 Å². The van der Waals surface area contributed by atoms with Gasteiger partial charge in [0.25, 0.3) is 10.0 Å². The first-order valence-electron chi connectivity index (χ1n) is 8.39. The lowest BCUT2D eigenvalue weighted by atomic mass is 10.1. The number of hydrogen-bond acceptors (Lipinski definition) is 6. The number of nitrogens with zero attached hydrogens (tertiary/aromatic N) is 1. The van der Waals surface area contributed by atoms with Crippen LogP contribution in [-0.4, -0.2) is 41.5 Å². The van der Waals surface area contributed by atoms with Gasteiger partial charge in [-0.2, -0.15) is 0 Å². The maximum absolute atomic E-state index is 12.8. The number of morpholine rings is 1. The molecular formula is C18H20N2O5S. The molecule has 4 rings (SSSR count). The van der Waals surface area contributed by atoms with Crippen molar-refractivity contribution in [3.8, 4) is 11.5 Å². The molecule has 1 saturated heterocycles. The second-order valence-electron chi connectivity index (χ2n) is 6.22. The number of ether oxygens (including phenoxy) is 3. The van der Waals surface area contributed by atoms with E-state index in [4.69, 9.17) is 14.2 Å². The van der Waals surface area contributed by atoms with Crippen LogP contribution in [0.4, 0.5) is 11.4 Å². The van der Waals surface area contributed by atoms with Gasteiger partial charge in [0.05, 0.1) is 23.8 Å². The van der Waals surface area contributed by atoms with E-state index in [1.807, 2.05) is 25.1 Å². The topological polar surface area (TPSA) is 77.1 Å². The van der Waals surface area contributed by atoms with Gasteiger partial charge in [-0.05, 0) is 36.8 Å². The summed E-state index contributed by atoms with van der Waals surface area (Å²) in [6.45, 7) is 4.90. The van der Waals surface area contributed by atoms with Crippen molar-refractivity contribution in [3.63, 3.8) is 0 Å². The van der Waals surface area contributed by atoms with Crippen LogP contribution in [0.25, 0.3) is 0 Å². The molecule has 0 radical (unpaired) electrons. The number of anilines is 2. The van der Waals surface area contributed by atoms with E-state index < -0.39 is 10.0 Å². The molecule has 0 spiro atoms. The van der Waals surface area contributed by atoms with Crippen LogP contribution >= 0.6 is 0 Å². The number of aryl methyl sites for hydroxylation is 1. The molecule has 2 aliphatic heterocycles. The van der Waals surface area contributed by atoms with E-state index in [0.717, 1.165) is 24.3 Å². The number of hydrogen-bond donors (Lipinski definition) is 1. The summed E-state index contributed by atoms with van der Waals surface area (Å²) in [7, 11) is -3.73. The molecule has 2 aromatic rings. The standard InChI is InChI=1S/C18H20N2O5S/c1-13-2-3-14(20-6-8-23-9-7-20)10-16(13)19-26(21,22)15-4-5-17-18(11-15)25-12-24-17/h2-5,10-11,19H,6-9,12H2,1H3. The Balaban J connectivity index is 1.61. The monoisotopic (exact) mass is 376 g/mol. The van der Waals surface area contributed by atoms with Crippen molar-refractivity contribution in [2.45, 2.75) is 11.8 Å². The highest BCUT2D eigenvalue weighted by Gasteiger charge is 2.21. The molecule has 0 bridgehead atoms. The summed E-state index contributed by atoms with van der Waals surface area (Å²) in [5.41, 5.74) is 2.39. The van der Waals surface area contributed by atoms with Gasteiger partial charge in [-0.15, -0.1) is 0 Å². The number of sulfonamides is 1. The Hall–Kier alpha value is -2.45. The minimum atomic E-state index is -3.73. The summed E-state index contributed by atoms with van der Waals surface area (Å²) in [5.74, 6) is 0.987. The molecule has 2 aliphatic rings. The number of rotatable bonds is 4. The first kappa shape index (κ1) is 17.0. The normalized spacial score (nSPS) is 16.6. The van der Waals surface area contributed by atoms with Gasteiger partial charge in [0.2, 0.25) is 6.79 Å². The third-order valence-electron chi connectivity index (χ3n) is 4.50. The summed E-state index contributed by atoms with van der Waals surface area (Å²) in [6, 6.07) is 10.4. The van der Waals surface area contributed by atoms with E-state index in [1.54, 1.807) is 6.07 Å². The fourth-order valence-corrected chi connectivity index (χ4v) is 4.12. The fourth-order valence-electron chi connectivity index (χ4n) is 2.99. The minimum absolute atomic E-state index is 0.104. The third kappa shape index (κ3) is 3.30. The van der Waals surface area contributed by atoms with Crippen molar-refractivity contribution in [1.82, 2.24) is 0 Å². The predicted molar refractivity (Wildman–Crippen MR) is 97.6 cm³/mol. The molecule has 0 saturated carbocycles. The Morgan fingerprint density at radius 1 is 1.00 bits per heavy atom. The quantitative estimate of drug-likeness (QED) is 0.883. The molecule has 0 atom stereocenters. The van der Waals surface area contributed by atoms with Crippen LogP contribution in [0.2, 0.25) is 0 Å².